The van der Waals surface area contributed by atoms with Gasteiger partial charge in [-0.3, -0.25) is 4.79 Å². The number of amides is 1. The third-order valence-corrected chi connectivity index (χ3v) is 3.54. The summed E-state index contributed by atoms with van der Waals surface area (Å²) in [6.07, 6.45) is 1.53. The number of aromatic nitrogens is 2. The van der Waals surface area contributed by atoms with E-state index in [9.17, 15) is 4.79 Å². The summed E-state index contributed by atoms with van der Waals surface area (Å²) in [4.78, 5) is 20.2. The van der Waals surface area contributed by atoms with Crippen molar-refractivity contribution < 1.29 is 4.79 Å². The molecule has 0 saturated heterocycles. The molecule has 1 aromatic heterocycles. The highest BCUT2D eigenvalue weighted by atomic mass is 16.1. The van der Waals surface area contributed by atoms with Gasteiger partial charge in [-0.15, -0.1) is 0 Å². The van der Waals surface area contributed by atoms with Crippen molar-refractivity contribution in [2.75, 3.05) is 10.6 Å². The van der Waals surface area contributed by atoms with E-state index in [2.05, 4.69) is 27.2 Å². The van der Waals surface area contributed by atoms with Gasteiger partial charge in [-0.2, -0.15) is 0 Å². The predicted octanol–water partition coefficient (Wildman–Crippen LogP) is 4.40. The lowest BCUT2D eigenvalue weighted by Crippen LogP contribution is -2.11. The summed E-state index contributed by atoms with van der Waals surface area (Å²) in [5, 5.41) is 6.01. The van der Waals surface area contributed by atoms with Gasteiger partial charge in [0.15, 0.2) is 0 Å². The summed E-state index contributed by atoms with van der Waals surface area (Å²) in [5.74, 6) is 0.511. The van der Waals surface area contributed by atoms with Crippen molar-refractivity contribution >= 4 is 23.1 Å². The van der Waals surface area contributed by atoms with E-state index in [0.29, 0.717) is 17.1 Å². The van der Waals surface area contributed by atoms with Gasteiger partial charge in [0, 0.05) is 28.6 Å². The van der Waals surface area contributed by atoms with Gasteiger partial charge in [0.25, 0.3) is 5.91 Å². The second kappa shape index (κ2) is 7.40. The molecule has 0 aliphatic rings. The second-order valence-corrected chi connectivity index (χ2v) is 5.59. The maximum Gasteiger partial charge on any atom is 0.250 e. The molecular formula is C20H18N4O. The van der Waals surface area contributed by atoms with E-state index in [-0.39, 0.29) is 5.91 Å². The molecule has 5 heteroatoms. The van der Waals surface area contributed by atoms with Crippen LogP contribution in [0.3, 0.4) is 0 Å². The van der Waals surface area contributed by atoms with Crippen LogP contribution in [0.1, 0.15) is 6.92 Å². The van der Waals surface area contributed by atoms with Gasteiger partial charge in [0.05, 0.1) is 5.69 Å². The third-order valence-electron chi connectivity index (χ3n) is 3.54. The van der Waals surface area contributed by atoms with Crippen molar-refractivity contribution in [3.05, 3.63) is 79.1 Å². The number of nitrogens with zero attached hydrogens (tertiary/aromatic N) is 2. The lowest BCUT2D eigenvalue weighted by molar-refractivity contribution is -0.112. The van der Waals surface area contributed by atoms with E-state index in [0.717, 1.165) is 16.9 Å². The Kier molecular flexibility index (Phi) is 4.85. The molecule has 0 spiro atoms. The Bertz CT molecular complexity index is 889. The molecule has 25 heavy (non-hydrogen) atoms. The zero-order valence-electron chi connectivity index (χ0n) is 13.9. The lowest BCUT2D eigenvalue weighted by Gasteiger charge is -2.09. The largest absolute Gasteiger partial charge is 0.340 e. The number of rotatable bonds is 5. The van der Waals surface area contributed by atoms with Crippen LogP contribution in [0.4, 0.5) is 17.2 Å². The Morgan fingerprint density at radius 1 is 0.960 bits per heavy atom. The number of benzene rings is 2. The minimum atomic E-state index is -0.191. The summed E-state index contributed by atoms with van der Waals surface area (Å²) in [6, 6.07) is 19.2. The van der Waals surface area contributed by atoms with Crippen molar-refractivity contribution in [2.45, 2.75) is 6.92 Å². The average molecular weight is 330 g/mol. The normalized spacial score (nSPS) is 10.1. The van der Waals surface area contributed by atoms with Crippen molar-refractivity contribution in [3.8, 4) is 11.3 Å². The van der Waals surface area contributed by atoms with Crippen molar-refractivity contribution in [1.29, 1.82) is 0 Å². The predicted molar refractivity (Wildman–Crippen MR) is 101 cm³/mol. The third kappa shape index (κ3) is 4.29. The van der Waals surface area contributed by atoms with Crippen LogP contribution >= 0.6 is 0 Å². The van der Waals surface area contributed by atoms with Crippen molar-refractivity contribution in [3.63, 3.8) is 0 Å². The Morgan fingerprint density at radius 2 is 1.64 bits per heavy atom. The number of carbonyl (C=O) groups excluding carboxylic acids is 1. The fraction of sp³-hybridized carbons (Fsp3) is 0.0500. The molecular weight excluding hydrogens is 312 g/mol. The molecule has 0 fully saturated rings. The Hall–Kier alpha value is -3.47. The highest BCUT2D eigenvalue weighted by Crippen LogP contribution is 2.22. The molecule has 2 aromatic carbocycles. The number of carbonyl (C=O) groups is 1. The average Bonchev–Trinajstić information content (AvgIpc) is 2.64. The number of anilines is 3. The first-order valence-corrected chi connectivity index (χ1v) is 7.83. The van der Waals surface area contributed by atoms with E-state index >= 15 is 0 Å². The number of hydrogen-bond donors (Lipinski definition) is 2. The first kappa shape index (κ1) is 16.4. The standard InChI is InChI=1S/C20H18N4O/c1-14(2)20(25)24-17-10-8-16(9-11-17)23-19-12-18(21-13-22-19)15-6-4-3-5-7-15/h3-13H,1H2,2H3,(H,24,25)(H,21,22,23). The fourth-order valence-electron chi connectivity index (χ4n) is 2.22. The summed E-state index contributed by atoms with van der Waals surface area (Å²) in [5.41, 5.74) is 3.93. The zero-order valence-corrected chi connectivity index (χ0v) is 13.9. The van der Waals surface area contributed by atoms with Crippen molar-refractivity contribution in [1.82, 2.24) is 9.97 Å². The first-order valence-electron chi connectivity index (χ1n) is 7.83. The molecule has 0 aliphatic heterocycles. The van der Waals surface area contributed by atoms with E-state index < -0.39 is 0 Å². The second-order valence-electron chi connectivity index (χ2n) is 5.59. The van der Waals surface area contributed by atoms with E-state index in [1.54, 1.807) is 6.92 Å². The van der Waals surface area contributed by atoms with Crippen LogP contribution in [-0.4, -0.2) is 15.9 Å². The monoisotopic (exact) mass is 330 g/mol. The van der Waals surface area contributed by atoms with Crippen LogP contribution in [0.25, 0.3) is 11.3 Å². The molecule has 2 N–H and O–H groups in total. The highest BCUT2D eigenvalue weighted by Gasteiger charge is 2.04. The van der Waals surface area contributed by atoms with Crippen molar-refractivity contribution in [2.24, 2.45) is 0 Å². The van der Waals surface area contributed by atoms with Crippen LogP contribution < -0.4 is 10.6 Å². The van der Waals surface area contributed by atoms with E-state index in [1.807, 2.05) is 60.7 Å². The van der Waals surface area contributed by atoms with Gasteiger partial charge in [-0.05, 0) is 31.2 Å². The molecule has 1 amide bonds. The Balaban J connectivity index is 1.72. The van der Waals surface area contributed by atoms with Gasteiger partial charge in [-0.25, -0.2) is 9.97 Å². The number of hydrogen-bond acceptors (Lipinski definition) is 4. The molecule has 0 saturated carbocycles. The van der Waals surface area contributed by atoms with Crippen LogP contribution in [0.5, 0.6) is 0 Å². The van der Waals surface area contributed by atoms with Crippen LogP contribution in [-0.2, 0) is 4.79 Å². The van der Waals surface area contributed by atoms with E-state index in [4.69, 9.17) is 0 Å². The summed E-state index contributed by atoms with van der Waals surface area (Å²) in [7, 11) is 0. The summed E-state index contributed by atoms with van der Waals surface area (Å²) >= 11 is 0. The highest BCUT2D eigenvalue weighted by molar-refractivity contribution is 6.02. The molecule has 3 aromatic rings. The minimum Gasteiger partial charge on any atom is -0.340 e. The van der Waals surface area contributed by atoms with Gasteiger partial charge >= 0.3 is 0 Å². The minimum absolute atomic E-state index is 0.191. The number of nitrogens with one attached hydrogen (secondary N) is 2. The van der Waals surface area contributed by atoms with Crippen LogP contribution in [0.2, 0.25) is 0 Å². The lowest BCUT2D eigenvalue weighted by atomic mass is 10.1. The topological polar surface area (TPSA) is 66.9 Å². The zero-order chi connectivity index (χ0) is 17.6. The summed E-state index contributed by atoms with van der Waals surface area (Å²) in [6.45, 7) is 5.29. The van der Waals surface area contributed by atoms with Gasteiger partial charge in [-0.1, -0.05) is 36.9 Å². The Morgan fingerprint density at radius 3 is 2.32 bits per heavy atom. The van der Waals surface area contributed by atoms with Crippen LogP contribution in [0.15, 0.2) is 79.1 Å². The molecule has 0 aliphatic carbocycles. The molecule has 0 radical (unpaired) electrons. The fourth-order valence-corrected chi connectivity index (χ4v) is 2.22. The van der Waals surface area contributed by atoms with Gasteiger partial charge in [0.1, 0.15) is 12.1 Å². The first-order chi connectivity index (χ1) is 12.1. The smallest absolute Gasteiger partial charge is 0.250 e. The molecule has 124 valence electrons. The maximum absolute atomic E-state index is 11.6. The quantitative estimate of drug-likeness (QED) is 0.680. The summed E-state index contributed by atoms with van der Waals surface area (Å²) < 4.78 is 0. The molecule has 0 atom stereocenters. The maximum atomic E-state index is 11.6. The molecule has 3 rings (SSSR count). The molecule has 1 heterocycles. The SMILES string of the molecule is C=C(C)C(=O)Nc1ccc(Nc2cc(-c3ccccc3)ncn2)cc1. The molecule has 0 unspecified atom stereocenters. The van der Waals surface area contributed by atoms with Gasteiger partial charge < -0.3 is 10.6 Å². The van der Waals surface area contributed by atoms with E-state index in [1.165, 1.54) is 6.33 Å². The Labute approximate surface area is 146 Å². The molecule has 0 bridgehead atoms. The van der Waals surface area contributed by atoms with Gasteiger partial charge in [0.2, 0.25) is 0 Å². The van der Waals surface area contributed by atoms with Crippen LogP contribution in [0, 0.1) is 0 Å². The molecule has 5 nitrogen and oxygen atoms in total.